The first-order valence-electron chi connectivity index (χ1n) is 7.22. The van der Waals surface area contributed by atoms with E-state index in [9.17, 15) is 0 Å². The summed E-state index contributed by atoms with van der Waals surface area (Å²) in [6.07, 6.45) is 1.85. The highest BCUT2D eigenvalue weighted by molar-refractivity contribution is 6.33. The van der Waals surface area contributed by atoms with Crippen LogP contribution in [0.1, 0.15) is 19.4 Å². The lowest BCUT2D eigenvalue weighted by Crippen LogP contribution is -2.37. The van der Waals surface area contributed by atoms with Gasteiger partial charge in [-0.3, -0.25) is 0 Å². The third-order valence-corrected chi connectivity index (χ3v) is 3.73. The summed E-state index contributed by atoms with van der Waals surface area (Å²) < 4.78 is 2.05. The summed E-state index contributed by atoms with van der Waals surface area (Å²) in [6.45, 7) is 6.60. The molecule has 0 radical (unpaired) electrons. The smallest absolute Gasteiger partial charge is 0.160 e. The van der Waals surface area contributed by atoms with Gasteiger partial charge in [-0.2, -0.15) is 0 Å². The fourth-order valence-corrected chi connectivity index (χ4v) is 2.74. The van der Waals surface area contributed by atoms with Crippen molar-refractivity contribution in [3.8, 4) is 11.4 Å². The highest BCUT2D eigenvalue weighted by Gasteiger charge is 2.20. The molecule has 114 valence electrons. The zero-order chi connectivity index (χ0) is 15.9. The summed E-state index contributed by atoms with van der Waals surface area (Å²) in [7, 11) is 0. The highest BCUT2D eigenvalue weighted by atomic mass is 35.5. The molecule has 0 aliphatic carbocycles. The van der Waals surface area contributed by atoms with E-state index in [0.29, 0.717) is 11.6 Å². The Labute approximate surface area is 134 Å². The first-order valence-corrected chi connectivity index (χ1v) is 7.60. The van der Waals surface area contributed by atoms with Gasteiger partial charge >= 0.3 is 0 Å². The number of fused-ring (bicyclic) bond motifs is 1. The molecule has 0 bridgehead atoms. The first kappa shape index (κ1) is 15.0. The fraction of sp³-hybridized carbons (Fsp3) is 0.294. The molecule has 0 saturated carbocycles. The van der Waals surface area contributed by atoms with Gasteiger partial charge in [-0.05, 0) is 44.5 Å². The van der Waals surface area contributed by atoms with Gasteiger partial charge in [0.05, 0.1) is 5.02 Å². The topological polar surface area (TPSA) is 56.7 Å². The van der Waals surface area contributed by atoms with Crippen molar-refractivity contribution in [3.63, 3.8) is 0 Å². The van der Waals surface area contributed by atoms with Gasteiger partial charge < -0.3 is 10.3 Å². The van der Waals surface area contributed by atoms with E-state index in [4.69, 9.17) is 22.3 Å². The number of benzene rings is 1. The molecule has 2 heterocycles. The molecular formula is C17H19ClN4. The van der Waals surface area contributed by atoms with Gasteiger partial charge in [0, 0.05) is 23.8 Å². The van der Waals surface area contributed by atoms with Gasteiger partial charge in [-0.1, -0.05) is 23.7 Å². The molecule has 3 aromatic rings. The van der Waals surface area contributed by atoms with Crippen LogP contribution in [0.3, 0.4) is 0 Å². The summed E-state index contributed by atoms with van der Waals surface area (Å²) in [5, 5.41) is 0.672. The lowest BCUT2D eigenvalue weighted by atomic mass is 10.1. The summed E-state index contributed by atoms with van der Waals surface area (Å²) in [5.74, 6) is 0.803. The van der Waals surface area contributed by atoms with E-state index in [1.807, 2.05) is 57.3 Å². The number of halogens is 1. The Morgan fingerprint density at radius 1 is 1.27 bits per heavy atom. The molecule has 3 rings (SSSR count). The number of aromatic nitrogens is 3. The Morgan fingerprint density at radius 2 is 2.00 bits per heavy atom. The Kier molecular flexibility index (Phi) is 3.67. The largest absolute Gasteiger partial charge is 0.324 e. The SMILES string of the molecule is Cc1cnc2c(c1)nc(-c1ccccc1Cl)n2CC(C)(C)N. The number of nitrogens with two attached hydrogens (primary N) is 1. The molecule has 5 heteroatoms. The number of hydrogen-bond donors (Lipinski definition) is 1. The zero-order valence-electron chi connectivity index (χ0n) is 13.0. The summed E-state index contributed by atoms with van der Waals surface area (Å²) in [6, 6.07) is 9.73. The maximum Gasteiger partial charge on any atom is 0.160 e. The van der Waals surface area contributed by atoms with Crippen LogP contribution in [-0.4, -0.2) is 20.1 Å². The van der Waals surface area contributed by atoms with Crippen LogP contribution in [0.4, 0.5) is 0 Å². The second kappa shape index (κ2) is 5.38. The number of hydrogen-bond acceptors (Lipinski definition) is 3. The van der Waals surface area contributed by atoms with Crippen LogP contribution in [0, 0.1) is 6.92 Å². The number of imidazole rings is 1. The van der Waals surface area contributed by atoms with E-state index >= 15 is 0 Å². The van der Waals surface area contributed by atoms with Crippen molar-refractivity contribution in [2.24, 2.45) is 5.73 Å². The van der Waals surface area contributed by atoms with Crippen LogP contribution in [-0.2, 0) is 6.54 Å². The van der Waals surface area contributed by atoms with Gasteiger partial charge in [-0.25, -0.2) is 9.97 Å². The van der Waals surface area contributed by atoms with Crippen LogP contribution >= 0.6 is 11.6 Å². The molecule has 0 saturated heterocycles. The molecular weight excluding hydrogens is 296 g/mol. The van der Waals surface area contributed by atoms with Crippen LogP contribution in [0.2, 0.25) is 5.02 Å². The quantitative estimate of drug-likeness (QED) is 0.800. The van der Waals surface area contributed by atoms with E-state index in [1.54, 1.807) is 0 Å². The molecule has 2 N–H and O–H groups in total. The van der Waals surface area contributed by atoms with E-state index in [0.717, 1.165) is 28.1 Å². The summed E-state index contributed by atoms with van der Waals surface area (Å²) in [5.41, 5.74) is 9.51. The van der Waals surface area contributed by atoms with Gasteiger partial charge in [0.2, 0.25) is 0 Å². The third kappa shape index (κ3) is 2.85. The van der Waals surface area contributed by atoms with Crippen molar-refractivity contribution in [2.75, 3.05) is 0 Å². The molecule has 0 fully saturated rings. The molecule has 0 amide bonds. The van der Waals surface area contributed by atoms with Crippen LogP contribution in [0.5, 0.6) is 0 Å². The van der Waals surface area contributed by atoms with E-state index in [-0.39, 0.29) is 5.54 Å². The van der Waals surface area contributed by atoms with Gasteiger partial charge in [0.25, 0.3) is 0 Å². The Hall–Kier alpha value is -1.91. The lowest BCUT2D eigenvalue weighted by Gasteiger charge is -2.21. The Balaban J connectivity index is 2.28. The fourth-order valence-electron chi connectivity index (χ4n) is 2.52. The first-order chi connectivity index (χ1) is 10.3. The monoisotopic (exact) mass is 314 g/mol. The normalized spacial score (nSPS) is 12.0. The number of rotatable bonds is 3. The summed E-state index contributed by atoms with van der Waals surface area (Å²) in [4.78, 5) is 9.29. The van der Waals surface area contributed by atoms with Crippen molar-refractivity contribution in [1.29, 1.82) is 0 Å². The number of pyridine rings is 1. The number of nitrogens with zero attached hydrogens (tertiary/aromatic N) is 3. The maximum absolute atomic E-state index is 6.36. The molecule has 4 nitrogen and oxygen atoms in total. The third-order valence-electron chi connectivity index (χ3n) is 3.40. The molecule has 2 aromatic heterocycles. The van der Waals surface area contributed by atoms with Crippen molar-refractivity contribution < 1.29 is 0 Å². The Morgan fingerprint density at radius 3 is 2.68 bits per heavy atom. The summed E-state index contributed by atoms with van der Waals surface area (Å²) >= 11 is 6.36. The van der Waals surface area contributed by atoms with Gasteiger partial charge in [-0.15, -0.1) is 0 Å². The van der Waals surface area contributed by atoms with Gasteiger partial charge in [0.15, 0.2) is 5.65 Å². The molecule has 0 atom stereocenters. The standard InChI is InChI=1S/C17H19ClN4/c1-11-8-14-16(20-9-11)22(10-17(2,3)19)15(21-14)12-6-4-5-7-13(12)18/h4-9H,10,19H2,1-3H3. The minimum Gasteiger partial charge on any atom is -0.324 e. The van der Waals surface area contributed by atoms with Crippen LogP contribution in [0.25, 0.3) is 22.6 Å². The second-order valence-electron chi connectivity index (χ2n) is 6.35. The van der Waals surface area contributed by atoms with Gasteiger partial charge in [0.1, 0.15) is 11.3 Å². The highest BCUT2D eigenvalue weighted by Crippen LogP contribution is 2.30. The van der Waals surface area contributed by atoms with Crippen LogP contribution < -0.4 is 5.73 Å². The predicted molar refractivity (Wildman–Crippen MR) is 91.0 cm³/mol. The molecule has 0 aliphatic heterocycles. The van der Waals surface area contributed by atoms with Crippen molar-refractivity contribution in [3.05, 3.63) is 47.1 Å². The van der Waals surface area contributed by atoms with Crippen molar-refractivity contribution in [1.82, 2.24) is 14.5 Å². The molecule has 22 heavy (non-hydrogen) atoms. The predicted octanol–water partition coefficient (Wildman–Crippen LogP) is 3.80. The second-order valence-corrected chi connectivity index (χ2v) is 6.75. The maximum atomic E-state index is 6.36. The van der Waals surface area contributed by atoms with E-state index in [2.05, 4.69) is 9.55 Å². The minimum absolute atomic E-state index is 0.379. The number of aryl methyl sites for hydroxylation is 1. The average Bonchev–Trinajstić information content (AvgIpc) is 2.75. The van der Waals surface area contributed by atoms with E-state index in [1.165, 1.54) is 0 Å². The molecule has 0 spiro atoms. The molecule has 1 aromatic carbocycles. The average molecular weight is 315 g/mol. The zero-order valence-corrected chi connectivity index (χ0v) is 13.7. The molecule has 0 unspecified atom stereocenters. The van der Waals surface area contributed by atoms with Crippen molar-refractivity contribution >= 4 is 22.8 Å². The lowest BCUT2D eigenvalue weighted by molar-refractivity contribution is 0.441. The molecule has 0 aliphatic rings. The van der Waals surface area contributed by atoms with Crippen molar-refractivity contribution in [2.45, 2.75) is 32.9 Å². The van der Waals surface area contributed by atoms with E-state index < -0.39 is 0 Å². The Bertz CT molecular complexity index is 830. The van der Waals surface area contributed by atoms with Crippen LogP contribution in [0.15, 0.2) is 36.5 Å². The minimum atomic E-state index is -0.379.